The van der Waals surface area contributed by atoms with Crippen LogP contribution in [0.3, 0.4) is 0 Å². The number of benzene rings is 1. The molecule has 1 N–H and O–H groups in total. The first-order valence-corrected chi connectivity index (χ1v) is 11.8. The monoisotopic (exact) mass is 480 g/mol. The van der Waals surface area contributed by atoms with E-state index in [9.17, 15) is 9.59 Å². The summed E-state index contributed by atoms with van der Waals surface area (Å²) in [4.78, 5) is 26.6. The van der Waals surface area contributed by atoms with E-state index in [1.54, 1.807) is 0 Å². The number of carbonyl (C=O) groups excluding carboxylic acids is 2. The summed E-state index contributed by atoms with van der Waals surface area (Å²) in [6, 6.07) is 7.78. The van der Waals surface area contributed by atoms with E-state index in [-0.39, 0.29) is 18.2 Å². The summed E-state index contributed by atoms with van der Waals surface area (Å²) >= 11 is 4.75. The molecule has 0 saturated carbocycles. The van der Waals surface area contributed by atoms with Gasteiger partial charge in [0, 0.05) is 36.0 Å². The van der Waals surface area contributed by atoms with Crippen molar-refractivity contribution >= 4 is 44.2 Å². The van der Waals surface area contributed by atoms with Crippen molar-refractivity contribution in [2.45, 2.75) is 58.8 Å². The Balaban J connectivity index is 1.86. The minimum Gasteiger partial charge on any atom is -0.342 e. The second-order valence-electron chi connectivity index (χ2n) is 6.91. The molecule has 0 unspecified atom stereocenters. The minimum atomic E-state index is -0.147. The van der Waals surface area contributed by atoms with Crippen molar-refractivity contribution in [1.29, 1.82) is 0 Å². The van der Waals surface area contributed by atoms with E-state index in [0.717, 1.165) is 47.1 Å². The van der Waals surface area contributed by atoms with Gasteiger partial charge < -0.3 is 10.2 Å². The van der Waals surface area contributed by atoms with Crippen LogP contribution in [0.2, 0.25) is 0 Å². The molecule has 8 heteroatoms. The quantitative estimate of drug-likeness (QED) is 0.406. The van der Waals surface area contributed by atoms with E-state index in [2.05, 4.69) is 45.3 Å². The second kappa shape index (κ2) is 12.7. The summed E-state index contributed by atoms with van der Waals surface area (Å²) in [6.45, 7) is 5.38. The van der Waals surface area contributed by atoms with Gasteiger partial charge in [0.2, 0.25) is 16.9 Å². The third-order valence-electron chi connectivity index (χ3n) is 4.50. The zero-order valence-corrected chi connectivity index (χ0v) is 19.5. The summed E-state index contributed by atoms with van der Waals surface area (Å²) in [5.41, 5.74) is 0.953. The molecule has 0 saturated heterocycles. The van der Waals surface area contributed by atoms with Crippen LogP contribution in [0.25, 0.3) is 10.6 Å². The van der Waals surface area contributed by atoms with Gasteiger partial charge in [0.05, 0.1) is 0 Å². The van der Waals surface area contributed by atoms with Crippen molar-refractivity contribution in [3.8, 4) is 10.6 Å². The minimum absolute atomic E-state index is 0.146. The average molecular weight is 481 g/mol. The van der Waals surface area contributed by atoms with Gasteiger partial charge in [-0.25, -0.2) is 0 Å². The number of rotatable bonds is 12. The van der Waals surface area contributed by atoms with Crippen molar-refractivity contribution < 1.29 is 9.59 Å². The molecule has 29 heavy (non-hydrogen) atoms. The van der Waals surface area contributed by atoms with Crippen molar-refractivity contribution in [2.75, 3.05) is 18.4 Å². The summed E-state index contributed by atoms with van der Waals surface area (Å²) in [6.07, 6.45) is 5.86. The molecule has 0 fully saturated rings. The molecule has 0 radical (unpaired) electrons. The van der Waals surface area contributed by atoms with Gasteiger partial charge in [-0.05, 0) is 25.0 Å². The molecule has 2 amide bonds. The number of halogens is 1. The Morgan fingerprint density at radius 3 is 2.41 bits per heavy atom. The van der Waals surface area contributed by atoms with Gasteiger partial charge in [0.25, 0.3) is 0 Å². The first-order valence-electron chi connectivity index (χ1n) is 10.2. The van der Waals surface area contributed by atoms with Crippen LogP contribution in [0.1, 0.15) is 58.8 Å². The topological polar surface area (TPSA) is 75.2 Å². The number of hydrogen-bond donors (Lipinski definition) is 1. The van der Waals surface area contributed by atoms with E-state index < -0.39 is 0 Å². The maximum atomic E-state index is 12.4. The summed E-state index contributed by atoms with van der Waals surface area (Å²) in [5.74, 6) is -0.000460. The lowest BCUT2D eigenvalue weighted by Crippen LogP contribution is -2.34. The molecule has 0 aliphatic rings. The molecule has 0 spiro atoms. The smallest absolute Gasteiger partial charge is 0.227 e. The number of unbranched alkanes of at least 4 members (excludes halogenated alkanes) is 3. The van der Waals surface area contributed by atoms with Crippen LogP contribution >= 0.6 is 27.3 Å². The number of hydrogen-bond acceptors (Lipinski definition) is 5. The lowest BCUT2D eigenvalue weighted by molar-refractivity contribution is -0.131. The van der Waals surface area contributed by atoms with Gasteiger partial charge in [-0.15, -0.1) is 10.2 Å². The Morgan fingerprint density at radius 1 is 1.00 bits per heavy atom. The fourth-order valence-electron chi connectivity index (χ4n) is 2.80. The van der Waals surface area contributed by atoms with Crippen molar-refractivity contribution in [1.82, 2.24) is 15.1 Å². The summed E-state index contributed by atoms with van der Waals surface area (Å²) in [5, 5.41) is 12.2. The fraction of sp³-hybridized carbons (Fsp3) is 0.524. The van der Waals surface area contributed by atoms with E-state index in [0.29, 0.717) is 24.6 Å². The largest absolute Gasteiger partial charge is 0.342 e. The van der Waals surface area contributed by atoms with Crippen molar-refractivity contribution in [3.05, 3.63) is 28.7 Å². The standard InChI is InChI=1S/C21H29BrN4O2S/c1-3-5-7-8-19(28)26(14-6-4-2)15-13-18(27)23-21-25-24-20(29-21)16-9-11-17(22)12-10-16/h9-12H,3-8,13-15H2,1-2H3,(H,23,25,27). The number of nitrogens with one attached hydrogen (secondary N) is 1. The van der Waals surface area contributed by atoms with Gasteiger partial charge >= 0.3 is 0 Å². The average Bonchev–Trinajstić information content (AvgIpc) is 3.17. The van der Waals surface area contributed by atoms with Crippen LogP contribution in [-0.2, 0) is 9.59 Å². The van der Waals surface area contributed by atoms with E-state index in [1.807, 2.05) is 29.2 Å². The molecule has 6 nitrogen and oxygen atoms in total. The predicted molar refractivity (Wildman–Crippen MR) is 122 cm³/mol. The van der Waals surface area contributed by atoms with Crippen LogP contribution in [-0.4, -0.2) is 40.0 Å². The zero-order valence-electron chi connectivity index (χ0n) is 17.1. The lowest BCUT2D eigenvalue weighted by Gasteiger charge is -2.22. The first-order chi connectivity index (χ1) is 14.0. The molecular formula is C21H29BrN4O2S. The van der Waals surface area contributed by atoms with Gasteiger partial charge in [-0.1, -0.05) is 72.5 Å². The molecule has 0 aliphatic carbocycles. The highest BCUT2D eigenvalue weighted by Gasteiger charge is 2.15. The zero-order chi connectivity index (χ0) is 21.1. The van der Waals surface area contributed by atoms with E-state index >= 15 is 0 Å². The van der Waals surface area contributed by atoms with E-state index in [1.165, 1.54) is 11.3 Å². The number of carbonyl (C=O) groups is 2. The number of anilines is 1. The molecule has 0 atom stereocenters. The first kappa shape index (κ1) is 23.5. The van der Waals surface area contributed by atoms with Crippen LogP contribution < -0.4 is 5.32 Å². The molecule has 0 aliphatic heterocycles. The fourth-order valence-corrected chi connectivity index (χ4v) is 3.83. The summed E-state index contributed by atoms with van der Waals surface area (Å²) < 4.78 is 0.996. The molecule has 1 aromatic heterocycles. The highest BCUT2D eigenvalue weighted by atomic mass is 79.9. The Bertz CT molecular complexity index is 779. The van der Waals surface area contributed by atoms with Gasteiger partial charge in [0.15, 0.2) is 0 Å². The van der Waals surface area contributed by atoms with Crippen LogP contribution in [0.5, 0.6) is 0 Å². The highest BCUT2D eigenvalue weighted by molar-refractivity contribution is 9.10. The lowest BCUT2D eigenvalue weighted by atomic mass is 10.2. The second-order valence-corrected chi connectivity index (χ2v) is 8.80. The molecule has 2 rings (SSSR count). The third-order valence-corrected chi connectivity index (χ3v) is 5.92. The maximum Gasteiger partial charge on any atom is 0.227 e. The number of nitrogens with zero attached hydrogens (tertiary/aromatic N) is 3. The van der Waals surface area contributed by atoms with Gasteiger partial charge in [0.1, 0.15) is 5.01 Å². The Morgan fingerprint density at radius 2 is 1.72 bits per heavy atom. The summed E-state index contributed by atoms with van der Waals surface area (Å²) in [7, 11) is 0. The predicted octanol–water partition coefficient (Wildman–Crippen LogP) is 5.51. The molecule has 2 aromatic rings. The number of amides is 2. The normalized spacial score (nSPS) is 10.7. The SMILES string of the molecule is CCCCCC(=O)N(CCCC)CCC(=O)Nc1nnc(-c2ccc(Br)cc2)s1. The molecule has 1 heterocycles. The van der Waals surface area contributed by atoms with Crippen molar-refractivity contribution in [2.24, 2.45) is 0 Å². The Kier molecular flexibility index (Phi) is 10.3. The Labute approximate surface area is 185 Å². The van der Waals surface area contributed by atoms with E-state index in [4.69, 9.17) is 0 Å². The van der Waals surface area contributed by atoms with Crippen molar-refractivity contribution in [3.63, 3.8) is 0 Å². The maximum absolute atomic E-state index is 12.4. The molecule has 1 aromatic carbocycles. The molecular weight excluding hydrogens is 452 g/mol. The van der Waals surface area contributed by atoms with Crippen LogP contribution in [0.15, 0.2) is 28.7 Å². The molecule has 0 bridgehead atoms. The van der Waals surface area contributed by atoms with Crippen LogP contribution in [0.4, 0.5) is 5.13 Å². The van der Waals surface area contributed by atoms with Gasteiger partial charge in [-0.2, -0.15) is 0 Å². The third kappa shape index (κ3) is 8.22. The van der Waals surface area contributed by atoms with Gasteiger partial charge in [-0.3, -0.25) is 9.59 Å². The molecule has 158 valence electrons. The Hall–Kier alpha value is -1.80. The highest BCUT2D eigenvalue weighted by Crippen LogP contribution is 2.27. The van der Waals surface area contributed by atoms with Crippen LogP contribution in [0, 0.1) is 0 Å². The number of aromatic nitrogens is 2.